The number of sulfonamides is 1. The number of imidazole rings is 1. The van der Waals surface area contributed by atoms with Crippen LogP contribution in [0, 0.1) is 18.3 Å². The van der Waals surface area contributed by atoms with Gasteiger partial charge in [0.05, 0.1) is 12.9 Å². The van der Waals surface area contributed by atoms with E-state index >= 15 is 0 Å². The van der Waals surface area contributed by atoms with E-state index in [9.17, 15) is 8.42 Å². The predicted octanol–water partition coefficient (Wildman–Crippen LogP) is 0.0362. The lowest BCUT2D eigenvalue weighted by Gasteiger charge is -2.19. The highest BCUT2D eigenvalue weighted by Crippen LogP contribution is 2.32. The van der Waals surface area contributed by atoms with Crippen LogP contribution in [0.1, 0.15) is 12.8 Å². The van der Waals surface area contributed by atoms with Crippen molar-refractivity contribution in [2.75, 3.05) is 18.8 Å². The molecule has 0 aliphatic heterocycles. The molecule has 0 atom stereocenters. The second-order valence-electron chi connectivity index (χ2n) is 4.49. The van der Waals surface area contributed by atoms with Gasteiger partial charge in [-0.25, -0.2) is 13.4 Å². The highest BCUT2D eigenvalue weighted by molar-refractivity contribution is 7.89. The van der Waals surface area contributed by atoms with Gasteiger partial charge in [0, 0.05) is 13.6 Å². The minimum absolute atomic E-state index is 0.00955. The minimum atomic E-state index is -3.67. The highest BCUT2D eigenvalue weighted by atomic mass is 32.2. The molecule has 1 aromatic heterocycles. The molecule has 1 aromatic rings. The topological polar surface area (TPSA) is 81.2 Å². The van der Waals surface area contributed by atoms with Gasteiger partial charge in [-0.15, -0.1) is 6.42 Å². The van der Waals surface area contributed by atoms with Crippen molar-refractivity contribution in [3.63, 3.8) is 0 Å². The fourth-order valence-corrected chi connectivity index (χ4v) is 3.44. The number of nitrogen functional groups attached to an aromatic ring is 1. The van der Waals surface area contributed by atoms with Gasteiger partial charge in [-0.2, -0.15) is 4.31 Å². The summed E-state index contributed by atoms with van der Waals surface area (Å²) >= 11 is 0. The lowest BCUT2D eigenvalue weighted by Crippen LogP contribution is -2.34. The summed E-state index contributed by atoms with van der Waals surface area (Å²) in [6, 6.07) is 0. The third-order valence-corrected chi connectivity index (χ3v) is 4.86. The summed E-state index contributed by atoms with van der Waals surface area (Å²) in [4.78, 5) is 3.80. The molecule has 1 saturated carbocycles. The molecule has 0 aromatic carbocycles. The van der Waals surface area contributed by atoms with Crippen LogP contribution in [0.5, 0.6) is 0 Å². The SMILES string of the molecule is C#CCN(CC1CC1)S(=O)(=O)c1c(N)ncn1C. The van der Waals surface area contributed by atoms with E-state index in [2.05, 4.69) is 10.9 Å². The lowest BCUT2D eigenvalue weighted by atomic mass is 10.4. The van der Waals surface area contributed by atoms with E-state index in [1.807, 2.05) is 0 Å². The van der Waals surface area contributed by atoms with Gasteiger partial charge in [0.25, 0.3) is 10.0 Å². The molecular weight excluding hydrogens is 252 g/mol. The van der Waals surface area contributed by atoms with Crippen LogP contribution in [0.4, 0.5) is 5.82 Å². The van der Waals surface area contributed by atoms with Gasteiger partial charge >= 0.3 is 0 Å². The molecule has 18 heavy (non-hydrogen) atoms. The Labute approximate surface area is 107 Å². The largest absolute Gasteiger partial charge is 0.381 e. The Balaban J connectivity index is 2.35. The van der Waals surface area contributed by atoms with Crippen LogP contribution in [0.2, 0.25) is 0 Å². The maximum atomic E-state index is 12.5. The summed E-state index contributed by atoms with van der Waals surface area (Å²) in [7, 11) is -2.07. The molecule has 0 radical (unpaired) electrons. The van der Waals surface area contributed by atoms with Gasteiger partial charge in [-0.3, -0.25) is 0 Å². The molecule has 1 aliphatic carbocycles. The van der Waals surface area contributed by atoms with Crippen molar-refractivity contribution in [2.24, 2.45) is 13.0 Å². The molecule has 2 rings (SSSR count). The predicted molar refractivity (Wildman–Crippen MR) is 67.9 cm³/mol. The number of aromatic nitrogens is 2. The van der Waals surface area contributed by atoms with Crippen molar-refractivity contribution in [1.29, 1.82) is 0 Å². The highest BCUT2D eigenvalue weighted by Gasteiger charge is 2.34. The first-order valence-corrected chi connectivity index (χ1v) is 7.11. The first-order chi connectivity index (χ1) is 8.46. The van der Waals surface area contributed by atoms with E-state index in [1.54, 1.807) is 7.05 Å². The molecule has 0 saturated heterocycles. The van der Waals surface area contributed by atoms with Crippen molar-refractivity contribution in [1.82, 2.24) is 13.9 Å². The van der Waals surface area contributed by atoms with E-state index in [0.29, 0.717) is 12.5 Å². The number of hydrogen-bond acceptors (Lipinski definition) is 4. The second kappa shape index (κ2) is 4.63. The normalized spacial score (nSPS) is 15.8. The summed E-state index contributed by atoms with van der Waals surface area (Å²) in [5.41, 5.74) is 5.62. The lowest BCUT2D eigenvalue weighted by molar-refractivity contribution is 0.426. The maximum Gasteiger partial charge on any atom is 0.263 e. The first-order valence-electron chi connectivity index (χ1n) is 5.67. The van der Waals surface area contributed by atoms with E-state index in [-0.39, 0.29) is 17.4 Å². The van der Waals surface area contributed by atoms with Crippen LogP contribution in [0.15, 0.2) is 11.4 Å². The van der Waals surface area contributed by atoms with Gasteiger partial charge in [-0.1, -0.05) is 5.92 Å². The summed E-state index contributed by atoms with van der Waals surface area (Å²) in [5, 5.41) is 0.0124. The quantitative estimate of drug-likeness (QED) is 0.764. The Bertz CT molecular complexity index is 561. The Morgan fingerprint density at radius 1 is 1.67 bits per heavy atom. The number of hydrogen-bond donors (Lipinski definition) is 1. The minimum Gasteiger partial charge on any atom is -0.381 e. The van der Waals surface area contributed by atoms with Crippen LogP contribution in [-0.4, -0.2) is 35.4 Å². The van der Waals surface area contributed by atoms with E-state index < -0.39 is 10.0 Å². The number of anilines is 1. The van der Waals surface area contributed by atoms with Gasteiger partial charge in [-0.05, 0) is 18.8 Å². The Morgan fingerprint density at radius 3 is 2.78 bits per heavy atom. The molecular formula is C11H16N4O2S. The molecule has 1 aliphatic rings. The van der Waals surface area contributed by atoms with Gasteiger partial charge < -0.3 is 10.3 Å². The summed E-state index contributed by atoms with van der Waals surface area (Å²) in [5.74, 6) is 2.81. The molecule has 1 fully saturated rings. The third-order valence-electron chi connectivity index (χ3n) is 2.92. The molecule has 0 spiro atoms. The fourth-order valence-electron chi connectivity index (χ4n) is 1.81. The Hall–Kier alpha value is -1.52. The third kappa shape index (κ3) is 2.35. The zero-order valence-electron chi connectivity index (χ0n) is 10.2. The van der Waals surface area contributed by atoms with Crippen LogP contribution in [0.3, 0.4) is 0 Å². The van der Waals surface area contributed by atoms with Crippen LogP contribution < -0.4 is 5.73 Å². The zero-order valence-corrected chi connectivity index (χ0v) is 11.0. The maximum absolute atomic E-state index is 12.5. The average Bonchev–Trinajstić information content (AvgIpc) is 3.03. The first kappa shape index (κ1) is 12.9. The van der Waals surface area contributed by atoms with Crippen molar-refractivity contribution < 1.29 is 8.42 Å². The summed E-state index contributed by atoms with van der Waals surface area (Å²) < 4.78 is 27.7. The molecule has 7 heteroatoms. The summed E-state index contributed by atoms with van der Waals surface area (Å²) in [6.07, 6.45) is 8.73. The standard InChI is InChI=1S/C11H16N4O2S/c1-3-6-15(7-9-4-5-9)18(16,17)11-10(12)13-8-14(11)2/h1,8-9H,4-7,12H2,2H3. The van der Waals surface area contributed by atoms with Gasteiger partial charge in [0.2, 0.25) is 0 Å². The Kier molecular flexibility index (Phi) is 3.32. The number of rotatable bonds is 5. The molecule has 1 heterocycles. The van der Waals surface area contributed by atoms with Crippen LogP contribution >= 0.6 is 0 Å². The molecule has 0 amide bonds. The number of nitrogens with zero attached hydrogens (tertiary/aromatic N) is 3. The summed E-state index contributed by atoms with van der Waals surface area (Å²) in [6.45, 7) is 0.514. The average molecular weight is 268 g/mol. The van der Waals surface area contributed by atoms with Crippen molar-refractivity contribution in [2.45, 2.75) is 17.9 Å². The number of terminal acetylenes is 1. The number of aryl methyl sites for hydroxylation is 1. The monoisotopic (exact) mass is 268 g/mol. The van der Waals surface area contributed by atoms with E-state index in [1.165, 1.54) is 15.2 Å². The van der Waals surface area contributed by atoms with Crippen molar-refractivity contribution in [3.8, 4) is 12.3 Å². The molecule has 6 nitrogen and oxygen atoms in total. The fraction of sp³-hybridized carbons (Fsp3) is 0.545. The zero-order chi connectivity index (χ0) is 13.3. The molecule has 0 unspecified atom stereocenters. The van der Waals surface area contributed by atoms with Gasteiger partial charge in [0.1, 0.15) is 0 Å². The van der Waals surface area contributed by atoms with E-state index in [4.69, 9.17) is 12.2 Å². The Morgan fingerprint density at radius 2 is 2.33 bits per heavy atom. The molecule has 0 bridgehead atoms. The molecule has 2 N–H and O–H groups in total. The van der Waals surface area contributed by atoms with E-state index in [0.717, 1.165) is 12.8 Å². The van der Waals surface area contributed by atoms with Gasteiger partial charge in [0.15, 0.2) is 10.8 Å². The van der Waals surface area contributed by atoms with Crippen LogP contribution in [-0.2, 0) is 17.1 Å². The van der Waals surface area contributed by atoms with Crippen LogP contribution in [0.25, 0.3) is 0 Å². The number of nitrogens with two attached hydrogens (primary N) is 1. The smallest absolute Gasteiger partial charge is 0.263 e. The second-order valence-corrected chi connectivity index (χ2v) is 6.34. The van der Waals surface area contributed by atoms with Crippen molar-refractivity contribution in [3.05, 3.63) is 6.33 Å². The molecule has 98 valence electrons. The van der Waals surface area contributed by atoms with Crippen molar-refractivity contribution >= 4 is 15.8 Å².